The first-order chi connectivity index (χ1) is 14.1. The van der Waals surface area contributed by atoms with Crippen LogP contribution < -0.4 is 14.8 Å². The molecule has 2 aromatic heterocycles. The van der Waals surface area contributed by atoms with Gasteiger partial charge < -0.3 is 14.8 Å². The molecule has 29 heavy (non-hydrogen) atoms. The van der Waals surface area contributed by atoms with Gasteiger partial charge >= 0.3 is 0 Å². The maximum atomic E-state index is 14.2. The molecule has 0 spiro atoms. The predicted molar refractivity (Wildman–Crippen MR) is 109 cm³/mol. The molecule has 0 saturated carbocycles. The third kappa shape index (κ3) is 4.22. The highest BCUT2D eigenvalue weighted by atomic mass is 35.5. The molecule has 0 aliphatic carbocycles. The van der Waals surface area contributed by atoms with E-state index in [2.05, 4.69) is 25.5 Å². The van der Waals surface area contributed by atoms with Gasteiger partial charge in [0.2, 0.25) is 0 Å². The summed E-state index contributed by atoms with van der Waals surface area (Å²) in [6.07, 6.45) is 5.68. The van der Waals surface area contributed by atoms with E-state index < -0.39 is 5.82 Å². The fourth-order valence-corrected chi connectivity index (χ4v) is 3.01. The van der Waals surface area contributed by atoms with E-state index in [9.17, 15) is 4.39 Å². The van der Waals surface area contributed by atoms with Gasteiger partial charge in [-0.15, -0.1) is 0 Å². The number of anilines is 2. The molecule has 0 bridgehead atoms. The lowest BCUT2D eigenvalue weighted by Gasteiger charge is -2.14. The lowest BCUT2D eigenvalue weighted by Crippen LogP contribution is -2.03. The average molecular weight is 414 g/mol. The smallest absolute Gasteiger partial charge is 0.163 e. The van der Waals surface area contributed by atoms with Gasteiger partial charge in [-0.3, -0.25) is 5.10 Å². The molecule has 0 unspecified atom stereocenters. The van der Waals surface area contributed by atoms with E-state index in [1.807, 2.05) is 6.20 Å². The first kappa shape index (κ1) is 18.9. The third-order valence-corrected chi connectivity index (χ3v) is 4.54. The van der Waals surface area contributed by atoms with Crippen LogP contribution in [0.15, 0.2) is 49.1 Å². The van der Waals surface area contributed by atoms with Gasteiger partial charge in [0.05, 0.1) is 31.1 Å². The molecule has 0 atom stereocenters. The lowest BCUT2D eigenvalue weighted by molar-refractivity contribution is 0.298. The molecule has 2 aromatic carbocycles. The van der Waals surface area contributed by atoms with Gasteiger partial charge in [-0.2, -0.15) is 5.10 Å². The van der Waals surface area contributed by atoms with Crippen LogP contribution in [0.1, 0.15) is 5.56 Å². The Balaban J connectivity index is 1.62. The van der Waals surface area contributed by atoms with E-state index in [1.54, 1.807) is 37.6 Å². The molecular weight excluding hydrogens is 397 g/mol. The highest BCUT2D eigenvalue weighted by molar-refractivity contribution is 6.30. The van der Waals surface area contributed by atoms with Crippen LogP contribution >= 0.6 is 11.6 Å². The number of H-pyrrole nitrogens is 1. The SMILES string of the molecule is COc1cc2c(Nc3ccc(Cl)cc3F)ncnc2cc1OCCc1cn[nH]c1. The van der Waals surface area contributed by atoms with Crippen LogP contribution in [0.3, 0.4) is 0 Å². The third-order valence-electron chi connectivity index (χ3n) is 4.31. The Morgan fingerprint density at radius 1 is 1.17 bits per heavy atom. The Morgan fingerprint density at radius 2 is 2.07 bits per heavy atom. The van der Waals surface area contributed by atoms with E-state index in [4.69, 9.17) is 21.1 Å². The second-order valence-corrected chi connectivity index (χ2v) is 6.63. The van der Waals surface area contributed by atoms with E-state index in [0.717, 1.165) is 5.56 Å². The maximum absolute atomic E-state index is 14.2. The van der Waals surface area contributed by atoms with Crippen molar-refractivity contribution < 1.29 is 13.9 Å². The van der Waals surface area contributed by atoms with Crippen molar-refractivity contribution >= 4 is 34.0 Å². The molecule has 0 aliphatic heterocycles. The molecule has 7 nitrogen and oxygen atoms in total. The quantitative estimate of drug-likeness (QED) is 0.463. The van der Waals surface area contributed by atoms with Gasteiger partial charge in [-0.05, 0) is 29.8 Å². The molecule has 148 valence electrons. The number of aromatic amines is 1. The van der Waals surface area contributed by atoms with Crippen molar-refractivity contribution in [1.82, 2.24) is 20.2 Å². The number of nitrogens with one attached hydrogen (secondary N) is 2. The van der Waals surface area contributed by atoms with Crippen molar-refractivity contribution in [3.63, 3.8) is 0 Å². The molecule has 9 heteroatoms. The fraction of sp³-hybridized carbons (Fsp3) is 0.150. The van der Waals surface area contributed by atoms with Crippen molar-refractivity contribution in [3.05, 3.63) is 65.5 Å². The van der Waals surface area contributed by atoms with Gasteiger partial charge in [0.25, 0.3) is 0 Å². The number of halogens is 2. The second-order valence-electron chi connectivity index (χ2n) is 6.20. The molecule has 0 amide bonds. The standard InChI is InChI=1S/C20H17ClFN5O2/c1-28-18-7-14-17(8-19(18)29-5-4-12-9-25-26-10-12)23-11-24-20(14)27-16-3-2-13(21)6-15(16)22/h2-3,6-11H,4-5H2,1H3,(H,25,26)(H,23,24,27). The molecule has 0 aliphatic rings. The normalized spacial score (nSPS) is 10.9. The summed E-state index contributed by atoms with van der Waals surface area (Å²) in [5, 5.41) is 10.7. The van der Waals surface area contributed by atoms with Crippen LogP contribution in [0.5, 0.6) is 11.5 Å². The van der Waals surface area contributed by atoms with E-state index >= 15 is 0 Å². The Bertz CT molecular complexity index is 1140. The molecule has 4 aromatic rings. The maximum Gasteiger partial charge on any atom is 0.163 e. The number of benzene rings is 2. The number of rotatable bonds is 7. The first-order valence-corrected chi connectivity index (χ1v) is 9.17. The summed E-state index contributed by atoms with van der Waals surface area (Å²) in [4.78, 5) is 8.54. The number of fused-ring (bicyclic) bond motifs is 1. The van der Waals surface area contributed by atoms with Gasteiger partial charge in [0.15, 0.2) is 11.5 Å². The minimum Gasteiger partial charge on any atom is -0.493 e. The van der Waals surface area contributed by atoms with Crippen LogP contribution in [0.4, 0.5) is 15.9 Å². The molecule has 0 radical (unpaired) electrons. The average Bonchev–Trinajstić information content (AvgIpc) is 3.23. The molecule has 4 rings (SSSR count). The van der Waals surface area contributed by atoms with Crippen molar-refractivity contribution in [2.24, 2.45) is 0 Å². The van der Waals surface area contributed by atoms with Crippen LogP contribution in [0.25, 0.3) is 10.9 Å². The van der Waals surface area contributed by atoms with Crippen LogP contribution in [-0.4, -0.2) is 33.9 Å². The Hall–Kier alpha value is -3.39. The van der Waals surface area contributed by atoms with Gasteiger partial charge in [0, 0.05) is 29.1 Å². The summed E-state index contributed by atoms with van der Waals surface area (Å²) >= 11 is 5.82. The fourth-order valence-electron chi connectivity index (χ4n) is 2.85. The molecule has 0 saturated heterocycles. The Labute approximate surface area is 170 Å². The van der Waals surface area contributed by atoms with Crippen LogP contribution in [0, 0.1) is 5.82 Å². The zero-order valence-corrected chi connectivity index (χ0v) is 16.2. The highest BCUT2D eigenvalue weighted by Gasteiger charge is 2.13. The minimum atomic E-state index is -0.476. The zero-order chi connectivity index (χ0) is 20.2. The number of nitrogens with zero attached hydrogens (tertiary/aromatic N) is 3. The lowest BCUT2D eigenvalue weighted by atomic mass is 10.2. The molecule has 2 heterocycles. The zero-order valence-electron chi connectivity index (χ0n) is 15.4. The molecule has 0 fully saturated rings. The summed E-state index contributed by atoms with van der Waals surface area (Å²) in [6, 6.07) is 7.92. The largest absolute Gasteiger partial charge is 0.493 e. The van der Waals surface area contributed by atoms with Gasteiger partial charge in [0.1, 0.15) is 18.0 Å². The summed E-state index contributed by atoms with van der Waals surface area (Å²) in [5.74, 6) is 1.06. The number of ether oxygens (including phenoxy) is 2. The minimum absolute atomic E-state index is 0.258. The van der Waals surface area contributed by atoms with Crippen LogP contribution in [-0.2, 0) is 6.42 Å². The van der Waals surface area contributed by atoms with Crippen molar-refractivity contribution in [1.29, 1.82) is 0 Å². The van der Waals surface area contributed by atoms with Crippen molar-refractivity contribution in [2.75, 3.05) is 19.0 Å². The molecular formula is C20H17ClFN5O2. The van der Waals surface area contributed by atoms with E-state index in [1.165, 1.54) is 12.4 Å². The van der Waals surface area contributed by atoms with E-state index in [-0.39, 0.29) is 5.69 Å². The summed E-state index contributed by atoms with van der Waals surface area (Å²) in [5.41, 5.74) is 1.94. The number of hydrogen-bond donors (Lipinski definition) is 2. The summed E-state index contributed by atoms with van der Waals surface area (Å²) in [7, 11) is 1.56. The Kier molecular flexibility index (Phi) is 5.44. The predicted octanol–water partition coefficient (Wildman–Crippen LogP) is 4.52. The highest BCUT2D eigenvalue weighted by Crippen LogP contribution is 2.35. The Morgan fingerprint density at radius 3 is 2.83 bits per heavy atom. The van der Waals surface area contributed by atoms with Crippen molar-refractivity contribution in [3.8, 4) is 11.5 Å². The monoisotopic (exact) mass is 413 g/mol. The van der Waals surface area contributed by atoms with Gasteiger partial charge in [-0.25, -0.2) is 14.4 Å². The topological polar surface area (TPSA) is 84.9 Å². The second kappa shape index (κ2) is 8.32. The van der Waals surface area contributed by atoms with Gasteiger partial charge in [-0.1, -0.05) is 11.6 Å². The summed E-state index contributed by atoms with van der Waals surface area (Å²) < 4.78 is 25.5. The van der Waals surface area contributed by atoms with Crippen LogP contribution in [0.2, 0.25) is 5.02 Å². The molecule has 2 N–H and O–H groups in total. The van der Waals surface area contributed by atoms with E-state index in [0.29, 0.717) is 46.3 Å². The number of methoxy groups -OCH3 is 1. The number of aromatic nitrogens is 4. The first-order valence-electron chi connectivity index (χ1n) is 8.79. The number of hydrogen-bond acceptors (Lipinski definition) is 6. The summed E-state index contributed by atoms with van der Waals surface area (Å²) in [6.45, 7) is 0.452. The van der Waals surface area contributed by atoms with Crippen molar-refractivity contribution in [2.45, 2.75) is 6.42 Å².